The highest BCUT2D eigenvalue weighted by Gasteiger charge is 2.32. The summed E-state index contributed by atoms with van der Waals surface area (Å²) < 4.78 is 0. The van der Waals surface area contributed by atoms with Crippen LogP contribution in [0, 0.1) is 11.8 Å². The highest BCUT2D eigenvalue weighted by molar-refractivity contribution is 5.48. The third-order valence-corrected chi connectivity index (χ3v) is 4.19. The van der Waals surface area contributed by atoms with Gasteiger partial charge in [-0.2, -0.15) is 0 Å². The first-order valence-corrected chi connectivity index (χ1v) is 7.53. The molecule has 0 fully saturated rings. The van der Waals surface area contributed by atoms with E-state index in [-0.39, 0.29) is 5.41 Å². The van der Waals surface area contributed by atoms with Gasteiger partial charge in [0.25, 0.3) is 0 Å². The molecule has 0 aromatic heterocycles. The summed E-state index contributed by atoms with van der Waals surface area (Å²) in [6, 6.07) is 21.6. The first kappa shape index (κ1) is 13.0. The van der Waals surface area contributed by atoms with Crippen LogP contribution in [0.15, 0.2) is 60.7 Å². The lowest BCUT2D eigenvalue weighted by molar-refractivity contribution is 0.531. The number of hydrogen-bond acceptors (Lipinski definition) is 0. The van der Waals surface area contributed by atoms with E-state index in [0.29, 0.717) is 0 Å². The fourth-order valence-electron chi connectivity index (χ4n) is 3.10. The molecule has 3 rings (SSSR count). The Labute approximate surface area is 121 Å². The van der Waals surface area contributed by atoms with E-state index < -0.39 is 0 Å². The first-order chi connectivity index (χ1) is 9.92. The fourth-order valence-corrected chi connectivity index (χ4v) is 3.10. The Bertz CT molecular complexity index is 559. The first-order valence-electron chi connectivity index (χ1n) is 7.53. The highest BCUT2D eigenvalue weighted by Crippen LogP contribution is 2.37. The average molecular weight is 260 g/mol. The minimum Gasteiger partial charge on any atom is -0.102 e. The summed E-state index contributed by atoms with van der Waals surface area (Å²) in [7, 11) is 0. The molecular weight excluding hydrogens is 240 g/mol. The molecule has 0 atom stereocenters. The van der Waals surface area contributed by atoms with Crippen molar-refractivity contribution in [1.29, 1.82) is 0 Å². The van der Waals surface area contributed by atoms with Crippen LogP contribution in [-0.2, 0) is 5.41 Å². The van der Waals surface area contributed by atoms with E-state index in [9.17, 15) is 0 Å². The van der Waals surface area contributed by atoms with Crippen LogP contribution in [0.3, 0.4) is 0 Å². The van der Waals surface area contributed by atoms with Gasteiger partial charge >= 0.3 is 0 Å². The molecule has 0 nitrogen and oxygen atoms in total. The van der Waals surface area contributed by atoms with Gasteiger partial charge in [0.05, 0.1) is 5.41 Å². The molecule has 0 saturated carbocycles. The lowest BCUT2D eigenvalue weighted by Crippen LogP contribution is -2.26. The fraction of sp³-hybridized carbons (Fsp3) is 0.300. The van der Waals surface area contributed by atoms with E-state index >= 15 is 0 Å². The predicted molar refractivity (Wildman–Crippen MR) is 84.5 cm³/mol. The van der Waals surface area contributed by atoms with E-state index in [0.717, 1.165) is 12.8 Å². The third-order valence-electron chi connectivity index (χ3n) is 4.19. The zero-order valence-electron chi connectivity index (χ0n) is 11.8. The van der Waals surface area contributed by atoms with Crippen LogP contribution >= 0.6 is 0 Å². The molecular formula is C20H20. The summed E-state index contributed by atoms with van der Waals surface area (Å²) in [5.41, 5.74) is 2.55. The van der Waals surface area contributed by atoms with E-state index in [2.05, 4.69) is 72.5 Å². The van der Waals surface area contributed by atoms with E-state index in [1.54, 1.807) is 0 Å². The second-order valence-corrected chi connectivity index (χ2v) is 5.50. The molecule has 0 saturated heterocycles. The third kappa shape index (κ3) is 2.49. The molecule has 20 heavy (non-hydrogen) atoms. The van der Waals surface area contributed by atoms with Gasteiger partial charge in [-0.3, -0.25) is 0 Å². The Morgan fingerprint density at radius 2 is 1.30 bits per heavy atom. The number of benzene rings is 2. The van der Waals surface area contributed by atoms with E-state index in [1.165, 1.54) is 30.4 Å². The minimum absolute atomic E-state index is 0.122. The zero-order valence-corrected chi connectivity index (χ0v) is 11.8. The summed E-state index contributed by atoms with van der Waals surface area (Å²) >= 11 is 0. The van der Waals surface area contributed by atoms with Gasteiger partial charge in [-0.25, -0.2) is 0 Å². The molecule has 0 aliphatic heterocycles. The lowest BCUT2D eigenvalue weighted by atomic mass is 9.71. The Balaban J connectivity index is 2.16. The Morgan fingerprint density at radius 3 is 1.90 bits per heavy atom. The maximum Gasteiger partial charge on any atom is 0.0811 e. The summed E-state index contributed by atoms with van der Waals surface area (Å²) in [5.74, 6) is 7.04. The Morgan fingerprint density at radius 1 is 0.700 bits per heavy atom. The quantitative estimate of drug-likeness (QED) is 0.671. The van der Waals surface area contributed by atoms with Crippen molar-refractivity contribution in [3.05, 3.63) is 71.8 Å². The van der Waals surface area contributed by atoms with Gasteiger partial charge < -0.3 is 0 Å². The molecule has 0 heteroatoms. The van der Waals surface area contributed by atoms with Crippen molar-refractivity contribution in [2.75, 3.05) is 0 Å². The summed E-state index contributed by atoms with van der Waals surface area (Å²) in [6.45, 7) is 0. The van der Waals surface area contributed by atoms with E-state index in [4.69, 9.17) is 0 Å². The van der Waals surface area contributed by atoms with Crippen LogP contribution in [0.2, 0.25) is 0 Å². The Hall–Kier alpha value is -2.00. The normalized spacial score (nSPS) is 17.4. The van der Waals surface area contributed by atoms with Crippen molar-refractivity contribution in [1.82, 2.24) is 0 Å². The summed E-state index contributed by atoms with van der Waals surface area (Å²) in [5, 5.41) is 0. The van der Waals surface area contributed by atoms with Gasteiger partial charge in [0.15, 0.2) is 0 Å². The van der Waals surface area contributed by atoms with Gasteiger partial charge in [-0.15, -0.1) is 5.92 Å². The minimum atomic E-state index is -0.122. The smallest absolute Gasteiger partial charge is 0.0811 e. The predicted octanol–water partition coefficient (Wildman–Crippen LogP) is 4.94. The molecule has 2 aromatic rings. The molecule has 100 valence electrons. The maximum absolute atomic E-state index is 3.62. The number of rotatable bonds is 2. The van der Waals surface area contributed by atoms with Crippen LogP contribution in [0.25, 0.3) is 0 Å². The molecule has 0 N–H and O–H groups in total. The monoisotopic (exact) mass is 260 g/mol. The molecule has 0 radical (unpaired) electrons. The van der Waals surface area contributed by atoms with Crippen LogP contribution in [-0.4, -0.2) is 0 Å². The maximum atomic E-state index is 3.62. The van der Waals surface area contributed by atoms with Gasteiger partial charge in [-0.05, 0) is 24.0 Å². The van der Waals surface area contributed by atoms with Crippen molar-refractivity contribution >= 4 is 0 Å². The molecule has 0 unspecified atom stereocenters. The van der Waals surface area contributed by atoms with Crippen molar-refractivity contribution in [3.8, 4) is 11.8 Å². The van der Waals surface area contributed by atoms with E-state index in [1.807, 2.05) is 0 Å². The summed E-state index contributed by atoms with van der Waals surface area (Å²) in [4.78, 5) is 0. The average Bonchev–Trinajstić information content (AvgIpc) is 2.49. The van der Waals surface area contributed by atoms with Crippen molar-refractivity contribution in [2.24, 2.45) is 0 Å². The van der Waals surface area contributed by atoms with Crippen molar-refractivity contribution in [3.63, 3.8) is 0 Å². The second-order valence-electron chi connectivity index (χ2n) is 5.50. The van der Waals surface area contributed by atoms with Gasteiger partial charge in [0, 0.05) is 6.42 Å². The molecule has 0 amide bonds. The molecule has 0 spiro atoms. The van der Waals surface area contributed by atoms with Gasteiger partial charge in [0.1, 0.15) is 0 Å². The van der Waals surface area contributed by atoms with Crippen molar-refractivity contribution < 1.29 is 0 Å². The molecule has 1 aliphatic rings. The van der Waals surface area contributed by atoms with Crippen LogP contribution in [0.5, 0.6) is 0 Å². The second kappa shape index (κ2) is 5.97. The highest BCUT2D eigenvalue weighted by atomic mass is 14.3. The molecule has 0 heterocycles. The molecule has 1 aliphatic carbocycles. The standard InChI is InChI=1S/C20H20/c1-2-10-16-20(17-11-3-1,18-12-6-4-7-13-18)19-14-8-5-9-15-19/h4-9,12-15H,1-3,10,16H2. The SMILES string of the molecule is C1#CC(c2ccccc2)(c2ccccc2)CCCCC1. The van der Waals surface area contributed by atoms with Crippen LogP contribution in [0.4, 0.5) is 0 Å². The topological polar surface area (TPSA) is 0 Å². The van der Waals surface area contributed by atoms with Gasteiger partial charge in [0.2, 0.25) is 0 Å². The largest absolute Gasteiger partial charge is 0.102 e. The van der Waals surface area contributed by atoms with Crippen LogP contribution in [0.1, 0.15) is 43.2 Å². The Kier molecular flexibility index (Phi) is 3.88. The molecule has 0 bridgehead atoms. The van der Waals surface area contributed by atoms with Gasteiger partial charge in [-0.1, -0.05) is 79.4 Å². The van der Waals surface area contributed by atoms with Crippen molar-refractivity contribution in [2.45, 2.75) is 37.5 Å². The zero-order chi connectivity index (χ0) is 13.7. The summed E-state index contributed by atoms with van der Waals surface area (Å²) in [6.07, 6.45) is 5.93. The molecule has 2 aromatic carbocycles. The number of hydrogen-bond donors (Lipinski definition) is 0. The lowest BCUT2D eigenvalue weighted by Gasteiger charge is -2.31. The van der Waals surface area contributed by atoms with Crippen LogP contribution < -0.4 is 0 Å².